The first-order valence-electron chi connectivity index (χ1n) is 7.86. The molecule has 2 aromatic rings. The third-order valence-corrected chi connectivity index (χ3v) is 4.74. The summed E-state index contributed by atoms with van der Waals surface area (Å²) in [6.45, 7) is -0.150. The molecular weight excluding hydrogens is 371 g/mol. The van der Waals surface area contributed by atoms with E-state index in [1.165, 1.54) is 42.5 Å². The molecule has 0 aromatic heterocycles. The van der Waals surface area contributed by atoms with Gasteiger partial charge in [-0.25, -0.2) is 4.39 Å². The summed E-state index contributed by atoms with van der Waals surface area (Å²) in [5, 5.41) is 10.5. The number of benzene rings is 2. The van der Waals surface area contributed by atoms with Gasteiger partial charge in [0.1, 0.15) is 5.82 Å². The number of nitro benzene ring substituents is 1. The maximum atomic E-state index is 13.8. The lowest BCUT2D eigenvalue weighted by Crippen LogP contribution is -2.27. The summed E-state index contributed by atoms with van der Waals surface area (Å²) in [7, 11) is 0. The second kappa shape index (κ2) is 7.96. The Kier molecular flexibility index (Phi) is 5.46. The third kappa shape index (κ3) is 4.12. The Bertz CT molecular complexity index is 987. The lowest BCUT2D eigenvalue weighted by atomic mass is 10.1. The van der Waals surface area contributed by atoms with E-state index in [1.54, 1.807) is 24.3 Å². The van der Waals surface area contributed by atoms with Crippen LogP contribution >= 0.6 is 11.8 Å². The highest BCUT2D eigenvalue weighted by Crippen LogP contribution is 2.32. The minimum Gasteiger partial charge on any atom is -0.268 e. The molecule has 8 heteroatoms. The van der Waals surface area contributed by atoms with Gasteiger partial charge in [-0.3, -0.25) is 24.6 Å². The van der Waals surface area contributed by atoms with E-state index in [0.717, 1.165) is 16.7 Å². The van der Waals surface area contributed by atoms with Crippen LogP contribution in [0.1, 0.15) is 11.1 Å². The third-order valence-electron chi connectivity index (χ3n) is 3.82. The Hall–Kier alpha value is -3.26. The second-order valence-corrected chi connectivity index (χ2v) is 6.55. The highest BCUT2D eigenvalue weighted by molar-refractivity contribution is 8.18. The first-order valence-corrected chi connectivity index (χ1v) is 8.68. The minimum absolute atomic E-state index is 0.0604. The van der Waals surface area contributed by atoms with Crippen LogP contribution in [0.25, 0.3) is 6.08 Å². The number of imide groups is 1. The number of amides is 2. The van der Waals surface area contributed by atoms with Gasteiger partial charge in [0.05, 0.1) is 21.9 Å². The van der Waals surface area contributed by atoms with Crippen molar-refractivity contribution in [2.24, 2.45) is 0 Å². The molecule has 1 heterocycles. The largest absolute Gasteiger partial charge is 0.293 e. The van der Waals surface area contributed by atoms with E-state index in [9.17, 15) is 24.1 Å². The van der Waals surface area contributed by atoms with Crippen LogP contribution < -0.4 is 0 Å². The standard InChI is InChI=1S/C19H13FN2O4S/c20-15-9-3-1-7-14(15)12-21-18(23)17(27-19(21)24)11-5-8-13-6-2-4-10-16(13)22(25)26/h1-11H,12H2/b8-5+,17-11-. The Balaban J connectivity index is 1.77. The first-order chi connectivity index (χ1) is 13.0. The number of para-hydroxylation sites is 1. The normalized spacial score (nSPS) is 15.9. The molecule has 3 rings (SSSR count). The summed E-state index contributed by atoms with van der Waals surface area (Å²) < 4.78 is 13.8. The predicted molar refractivity (Wildman–Crippen MR) is 100 cm³/mol. The molecule has 1 aliphatic heterocycles. The molecule has 0 spiro atoms. The fraction of sp³-hybridized carbons (Fsp3) is 0.0526. The number of carbonyl (C=O) groups excluding carboxylic acids is 2. The average Bonchev–Trinajstić information content (AvgIpc) is 2.91. The van der Waals surface area contributed by atoms with Crippen molar-refractivity contribution >= 4 is 34.7 Å². The van der Waals surface area contributed by atoms with Gasteiger partial charge in [-0.05, 0) is 36.0 Å². The Morgan fingerprint density at radius 2 is 1.81 bits per heavy atom. The number of hydrogen-bond donors (Lipinski definition) is 0. The number of nitrogens with zero attached hydrogens (tertiary/aromatic N) is 2. The molecule has 1 aliphatic rings. The van der Waals surface area contributed by atoms with E-state index in [0.29, 0.717) is 5.56 Å². The van der Waals surface area contributed by atoms with Gasteiger partial charge in [-0.1, -0.05) is 36.4 Å². The molecule has 0 bridgehead atoms. The van der Waals surface area contributed by atoms with Crippen LogP contribution in [0, 0.1) is 15.9 Å². The van der Waals surface area contributed by atoms with E-state index < -0.39 is 21.9 Å². The van der Waals surface area contributed by atoms with Crippen molar-refractivity contribution in [3.8, 4) is 0 Å². The van der Waals surface area contributed by atoms with Crippen molar-refractivity contribution in [3.05, 3.63) is 92.6 Å². The summed E-state index contributed by atoms with van der Waals surface area (Å²) >= 11 is 0.744. The topological polar surface area (TPSA) is 80.5 Å². The Labute approximate surface area is 158 Å². The molecule has 1 fully saturated rings. The molecule has 0 N–H and O–H groups in total. The lowest BCUT2D eigenvalue weighted by molar-refractivity contribution is -0.385. The summed E-state index contributed by atoms with van der Waals surface area (Å²) in [5.74, 6) is -1.02. The fourth-order valence-corrected chi connectivity index (χ4v) is 3.27. The van der Waals surface area contributed by atoms with Gasteiger partial charge in [0.2, 0.25) is 0 Å². The summed E-state index contributed by atoms with van der Waals surface area (Å²) in [6, 6.07) is 12.1. The summed E-state index contributed by atoms with van der Waals surface area (Å²) in [6.07, 6.45) is 4.38. The highest BCUT2D eigenvalue weighted by atomic mass is 32.2. The lowest BCUT2D eigenvalue weighted by Gasteiger charge is -2.12. The number of carbonyl (C=O) groups is 2. The minimum atomic E-state index is -0.527. The molecule has 0 radical (unpaired) electrons. The number of rotatable bonds is 5. The summed E-state index contributed by atoms with van der Waals surface area (Å²) in [4.78, 5) is 36.1. The van der Waals surface area contributed by atoms with E-state index in [2.05, 4.69) is 0 Å². The van der Waals surface area contributed by atoms with Crippen molar-refractivity contribution in [1.82, 2.24) is 4.90 Å². The van der Waals surface area contributed by atoms with Gasteiger partial charge in [-0.2, -0.15) is 0 Å². The van der Waals surface area contributed by atoms with E-state index in [-0.39, 0.29) is 22.7 Å². The number of halogens is 1. The first kappa shape index (κ1) is 18.5. The zero-order chi connectivity index (χ0) is 19.4. The maximum Gasteiger partial charge on any atom is 0.293 e. The van der Waals surface area contributed by atoms with Gasteiger partial charge in [0.15, 0.2) is 0 Å². The van der Waals surface area contributed by atoms with Gasteiger partial charge < -0.3 is 0 Å². The highest BCUT2D eigenvalue weighted by Gasteiger charge is 2.35. The predicted octanol–water partition coefficient (Wildman–Crippen LogP) is 4.53. The molecule has 2 amide bonds. The molecule has 1 saturated heterocycles. The van der Waals surface area contributed by atoms with Gasteiger partial charge in [0, 0.05) is 11.6 Å². The Morgan fingerprint density at radius 1 is 1.11 bits per heavy atom. The molecule has 2 aromatic carbocycles. The van der Waals surface area contributed by atoms with Crippen LogP contribution in [0.2, 0.25) is 0 Å². The van der Waals surface area contributed by atoms with Crippen LogP contribution in [-0.4, -0.2) is 21.0 Å². The van der Waals surface area contributed by atoms with E-state index in [1.807, 2.05) is 0 Å². The van der Waals surface area contributed by atoms with Gasteiger partial charge >= 0.3 is 0 Å². The fourth-order valence-electron chi connectivity index (χ4n) is 2.48. The quantitative estimate of drug-likeness (QED) is 0.430. The van der Waals surface area contributed by atoms with Crippen molar-refractivity contribution in [1.29, 1.82) is 0 Å². The van der Waals surface area contributed by atoms with Crippen molar-refractivity contribution in [3.63, 3.8) is 0 Å². The SMILES string of the molecule is O=C1S/C(=C\C=C\c2ccccc2[N+](=O)[O-])C(=O)N1Cc1ccccc1F. The maximum absolute atomic E-state index is 13.8. The zero-order valence-corrected chi connectivity index (χ0v) is 14.7. The van der Waals surface area contributed by atoms with Gasteiger partial charge in [0.25, 0.3) is 16.8 Å². The molecule has 0 unspecified atom stereocenters. The van der Waals surface area contributed by atoms with E-state index >= 15 is 0 Å². The number of nitro groups is 1. The summed E-state index contributed by atoms with van der Waals surface area (Å²) in [5.41, 5.74) is 0.565. The van der Waals surface area contributed by atoms with Crippen LogP contribution in [-0.2, 0) is 11.3 Å². The van der Waals surface area contributed by atoms with Crippen LogP contribution in [0.3, 0.4) is 0 Å². The Morgan fingerprint density at radius 3 is 2.56 bits per heavy atom. The second-order valence-electron chi connectivity index (χ2n) is 5.56. The molecule has 136 valence electrons. The van der Waals surface area contributed by atoms with Crippen LogP contribution in [0.4, 0.5) is 14.9 Å². The molecule has 6 nitrogen and oxygen atoms in total. The monoisotopic (exact) mass is 384 g/mol. The van der Waals surface area contributed by atoms with Crippen molar-refractivity contribution in [2.75, 3.05) is 0 Å². The van der Waals surface area contributed by atoms with Crippen molar-refractivity contribution in [2.45, 2.75) is 6.54 Å². The molecule has 27 heavy (non-hydrogen) atoms. The van der Waals surface area contributed by atoms with E-state index in [4.69, 9.17) is 0 Å². The van der Waals surface area contributed by atoms with Gasteiger partial charge in [-0.15, -0.1) is 0 Å². The van der Waals surface area contributed by atoms with Crippen LogP contribution in [0.15, 0.2) is 65.6 Å². The number of hydrogen-bond acceptors (Lipinski definition) is 5. The van der Waals surface area contributed by atoms with Crippen molar-refractivity contribution < 1.29 is 18.9 Å². The molecule has 0 aliphatic carbocycles. The average molecular weight is 384 g/mol. The molecule has 0 atom stereocenters. The number of thioether (sulfide) groups is 1. The smallest absolute Gasteiger partial charge is 0.268 e. The number of allylic oxidation sites excluding steroid dienone is 2. The molecule has 0 saturated carbocycles. The molecular formula is C19H13FN2O4S. The van der Waals surface area contributed by atoms with Crippen LogP contribution in [0.5, 0.6) is 0 Å². The zero-order valence-electron chi connectivity index (χ0n) is 13.9.